The number of aryl methyl sites for hydroxylation is 1. The molecular weight excluding hydrogens is 270 g/mol. The van der Waals surface area contributed by atoms with Crippen LogP contribution in [0.3, 0.4) is 0 Å². The molecule has 1 aliphatic carbocycles. The maximum atomic E-state index is 8.83. The van der Waals surface area contributed by atoms with Crippen LogP contribution >= 0.6 is 0 Å². The van der Waals surface area contributed by atoms with Gasteiger partial charge < -0.3 is 0 Å². The van der Waals surface area contributed by atoms with E-state index < -0.39 is 0 Å². The Morgan fingerprint density at radius 2 is 2.05 bits per heavy atom. The van der Waals surface area contributed by atoms with Gasteiger partial charge in [-0.3, -0.25) is 4.68 Å². The van der Waals surface area contributed by atoms with E-state index in [1.807, 2.05) is 6.20 Å². The molecule has 2 aromatic rings. The van der Waals surface area contributed by atoms with E-state index >= 15 is 0 Å². The normalized spacial score (nSPS) is 15.6. The second kappa shape index (κ2) is 6.79. The Morgan fingerprint density at radius 1 is 1.23 bits per heavy atom. The van der Waals surface area contributed by atoms with Gasteiger partial charge in [0.25, 0.3) is 0 Å². The van der Waals surface area contributed by atoms with Crippen molar-refractivity contribution >= 4 is 0 Å². The third-order valence-corrected chi connectivity index (χ3v) is 4.75. The minimum atomic E-state index is 0.479. The maximum Gasteiger partial charge on any atom is 0.0669 e. The van der Waals surface area contributed by atoms with Gasteiger partial charge in [0.2, 0.25) is 0 Å². The molecule has 0 atom stereocenters. The average Bonchev–Trinajstić information content (AvgIpc) is 2.99. The number of nitriles is 1. The van der Waals surface area contributed by atoms with Gasteiger partial charge >= 0.3 is 0 Å². The third-order valence-electron chi connectivity index (χ3n) is 4.75. The van der Waals surface area contributed by atoms with Gasteiger partial charge in [-0.15, -0.1) is 0 Å². The summed E-state index contributed by atoms with van der Waals surface area (Å²) >= 11 is 0. The second-order valence-corrected chi connectivity index (χ2v) is 6.43. The zero-order valence-corrected chi connectivity index (χ0v) is 13.3. The highest BCUT2D eigenvalue weighted by Gasteiger charge is 2.14. The summed E-state index contributed by atoms with van der Waals surface area (Å²) < 4.78 is 2.10. The average molecular weight is 293 g/mol. The van der Waals surface area contributed by atoms with Crippen LogP contribution in [0, 0.1) is 24.2 Å². The van der Waals surface area contributed by atoms with Gasteiger partial charge in [0.05, 0.1) is 18.7 Å². The highest BCUT2D eigenvalue weighted by molar-refractivity contribution is 5.63. The summed E-state index contributed by atoms with van der Waals surface area (Å²) in [4.78, 5) is 0. The predicted molar refractivity (Wildman–Crippen MR) is 88.3 cm³/mol. The lowest BCUT2D eigenvalue weighted by Crippen LogP contribution is -2.14. The highest BCUT2D eigenvalue weighted by atomic mass is 15.3. The van der Waals surface area contributed by atoms with Gasteiger partial charge in [0.15, 0.2) is 0 Å². The molecule has 0 amide bonds. The van der Waals surface area contributed by atoms with Crippen molar-refractivity contribution < 1.29 is 0 Å². The molecule has 3 heteroatoms. The Kier molecular flexibility index (Phi) is 4.58. The van der Waals surface area contributed by atoms with Gasteiger partial charge in [0, 0.05) is 18.3 Å². The van der Waals surface area contributed by atoms with Crippen LogP contribution in [0.15, 0.2) is 30.6 Å². The molecule has 3 nitrogen and oxygen atoms in total. The van der Waals surface area contributed by atoms with Crippen LogP contribution in [-0.4, -0.2) is 9.78 Å². The molecular formula is C19H23N3. The molecule has 1 aromatic heterocycles. The van der Waals surface area contributed by atoms with Crippen molar-refractivity contribution in [3.05, 3.63) is 41.7 Å². The summed E-state index contributed by atoms with van der Waals surface area (Å²) in [5.41, 5.74) is 4.65. The molecule has 0 unspecified atom stereocenters. The van der Waals surface area contributed by atoms with Crippen LogP contribution in [-0.2, 0) is 13.0 Å². The quantitative estimate of drug-likeness (QED) is 0.832. The summed E-state index contributed by atoms with van der Waals surface area (Å²) in [6, 6.07) is 8.54. The monoisotopic (exact) mass is 293 g/mol. The number of hydrogen-bond donors (Lipinski definition) is 0. The first-order chi connectivity index (χ1) is 10.8. The van der Waals surface area contributed by atoms with E-state index in [0.717, 1.165) is 18.0 Å². The smallest absolute Gasteiger partial charge is 0.0669 e. The number of benzene rings is 1. The van der Waals surface area contributed by atoms with Crippen molar-refractivity contribution in [1.82, 2.24) is 9.78 Å². The molecule has 3 rings (SSSR count). The number of nitrogens with zero attached hydrogens (tertiary/aromatic N) is 3. The predicted octanol–water partition coefficient (Wildman–Crippen LogP) is 4.50. The Balaban J connectivity index is 1.73. The lowest BCUT2D eigenvalue weighted by Gasteiger charge is -2.21. The van der Waals surface area contributed by atoms with Crippen molar-refractivity contribution in [3.8, 4) is 17.2 Å². The van der Waals surface area contributed by atoms with E-state index in [1.54, 1.807) is 0 Å². The molecule has 1 fully saturated rings. The van der Waals surface area contributed by atoms with Crippen LogP contribution < -0.4 is 0 Å². The van der Waals surface area contributed by atoms with Crippen LogP contribution in [0.1, 0.15) is 43.2 Å². The largest absolute Gasteiger partial charge is 0.272 e. The van der Waals surface area contributed by atoms with E-state index in [0.29, 0.717) is 6.42 Å². The molecule has 0 N–H and O–H groups in total. The zero-order valence-electron chi connectivity index (χ0n) is 13.3. The van der Waals surface area contributed by atoms with Crippen molar-refractivity contribution in [2.75, 3.05) is 0 Å². The summed E-state index contributed by atoms with van der Waals surface area (Å²) in [5, 5.41) is 13.4. The fourth-order valence-corrected chi connectivity index (χ4v) is 3.41. The van der Waals surface area contributed by atoms with E-state index in [4.69, 9.17) is 5.26 Å². The standard InChI is InChI=1S/C19H23N3/c1-15-11-18(8-7-17(15)9-10-20)19-12-21-22(14-19)13-16-5-3-2-4-6-16/h7-8,11-12,14,16H,2-6,9,13H2,1H3. The Morgan fingerprint density at radius 3 is 2.77 bits per heavy atom. The van der Waals surface area contributed by atoms with Crippen LogP contribution in [0.5, 0.6) is 0 Å². The number of aromatic nitrogens is 2. The molecule has 0 aliphatic heterocycles. The molecule has 22 heavy (non-hydrogen) atoms. The summed E-state index contributed by atoms with van der Waals surface area (Å²) in [7, 11) is 0. The molecule has 1 aliphatic rings. The Labute approximate surface area is 132 Å². The van der Waals surface area contributed by atoms with E-state index in [2.05, 4.69) is 47.2 Å². The summed E-state index contributed by atoms with van der Waals surface area (Å²) in [6.07, 6.45) is 11.4. The summed E-state index contributed by atoms with van der Waals surface area (Å²) in [5.74, 6) is 0.793. The third kappa shape index (κ3) is 3.39. The molecule has 1 heterocycles. The molecule has 114 valence electrons. The van der Waals surface area contributed by atoms with Gasteiger partial charge in [0.1, 0.15) is 0 Å². The second-order valence-electron chi connectivity index (χ2n) is 6.43. The first-order valence-corrected chi connectivity index (χ1v) is 8.25. The first kappa shape index (κ1) is 14.8. The number of rotatable bonds is 4. The van der Waals surface area contributed by atoms with Crippen molar-refractivity contribution in [2.45, 2.75) is 52.0 Å². The topological polar surface area (TPSA) is 41.6 Å². The Hall–Kier alpha value is -2.08. The molecule has 0 bridgehead atoms. The van der Waals surface area contributed by atoms with Gasteiger partial charge in [-0.1, -0.05) is 37.5 Å². The lowest BCUT2D eigenvalue weighted by atomic mass is 9.89. The molecule has 1 aromatic carbocycles. The number of hydrogen-bond acceptors (Lipinski definition) is 2. The van der Waals surface area contributed by atoms with E-state index in [-0.39, 0.29) is 0 Å². The molecule has 0 radical (unpaired) electrons. The Bertz CT molecular complexity index is 672. The van der Waals surface area contributed by atoms with Gasteiger partial charge in [-0.2, -0.15) is 10.4 Å². The fourth-order valence-electron chi connectivity index (χ4n) is 3.41. The van der Waals surface area contributed by atoms with Crippen molar-refractivity contribution in [3.63, 3.8) is 0 Å². The van der Waals surface area contributed by atoms with Crippen LogP contribution in [0.25, 0.3) is 11.1 Å². The van der Waals surface area contributed by atoms with E-state index in [1.165, 1.54) is 48.8 Å². The summed E-state index contributed by atoms with van der Waals surface area (Å²) in [6.45, 7) is 3.12. The van der Waals surface area contributed by atoms with Gasteiger partial charge in [-0.25, -0.2) is 0 Å². The molecule has 0 spiro atoms. The van der Waals surface area contributed by atoms with E-state index in [9.17, 15) is 0 Å². The minimum Gasteiger partial charge on any atom is -0.272 e. The first-order valence-electron chi connectivity index (χ1n) is 8.25. The fraction of sp³-hybridized carbons (Fsp3) is 0.474. The van der Waals surface area contributed by atoms with Crippen molar-refractivity contribution in [2.24, 2.45) is 5.92 Å². The molecule has 0 saturated heterocycles. The SMILES string of the molecule is Cc1cc(-c2cnn(CC3CCCCC3)c2)ccc1CC#N. The lowest BCUT2D eigenvalue weighted by molar-refractivity contribution is 0.308. The minimum absolute atomic E-state index is 0.479. The zero-order chi connectivity index (χ0) is 15.4. The highest BCUT2D eigenvalue weighted by Crippen LogP contribution is 2.26. The van der Waals surface area contributed by atoms with Crippen molar-refractivity contribution in [1.29, 1.82) is 5.26 Å². The molecule has 1 saturated carbocycles. The van der Waals surface area contributed by atoms with Gasteiger partial charge in [-0.05, 0) is 42.4 Å². The maximum absolute atomic E-state index is 8.83. The van der Waals surface area contributed by atoms with Crippen LogP contribution in [0.2, 0.25) is 0 Å². The van der Waals surface area contributed by atoms with Crippen LogP contribution in [0.4, 0.5) is 0 Å².